The van der Waals surface area contributed by atoms with Crippen LogP contribution in [0.2, 0.25) is 5.02 Å². The van der Waals surface area contributed by atoms with E-state index in [1.165, 1.54) is 24.6 Å². The molecule has 1 saturated heterocycles. The summed E-state index contributed by atoms with van der Waals surface area (Å²) in [6.45, 7) is 4.66. The Bertz CT molecular complexity index is 829. The Morgan fingerprint density at radius 2 is 1.68 bits per heavy atom. The van der Waals surface area contributed by atoms with E-state index in [1.807, 2.05) is 24.3 Å². The zero-order chi connectivity index (χ0) is 20.3. The van der Waals surface area contributed by atoms with E-state index in [1.54, 1.807) is 4.90 Å². The fraction of sp³-hybridized carbons (Fsp3) is 0.381. The van der Waals surface area contributed by atoms with E-state index in [-0.39, 0.29) is 17.0 Å². The molecule has 3 nitrogen and oxygen atoms in total. The van der Waals surface area contributed by atoms with Crippen LogP contribution in [-0.4, -0.2) is 48.4 Å². The zero-order valence-electron chi connectivity index (χ0n) is 15.6. The van der Waals surface area contributed by atoms with E-state index < -0.39 is 11.7 Å². The normalized spacial score (nSPS) is 15.7. The predicted molar refractivity (Wildman–Crippen MR) is 104 cm³/mol. The Morgan fingerprint density at radius 1 is 1.04 bits per heavy atom. The number of alkyl halides is 3. The summed E-state index contributed by atoms with van der Waals surface area (Å²) >= 11 is 5.89. The Balaban J connectivity index is 1.57. The van der Waals surface area contributed by atoms with Gasteiger partial charge in [0, 0.05) is 43.3 Å². The number of benzene rings is 2. The van der Waals surface area contributed by atoms with E-state index in [2.05, 4.69) is 4.90 Å². The highest BCUT2D eigenvalue weighted by atomic mass is 35.5. The Hall–Kier alpha value is -2.05. The molecule has 1 aliphatic rings. The topological polar surface area (TPSA) is 23.6 Å². The number of piperazine rings is 1. The van der Waals surface area contributed by atoms with Crippen LogP contribution in [0.3, 0.4) is 0 Å². The van der Waals surface area contributed by atoms with E-state index in [4.69, 9.17) is 11.6 Å². The summed E-state index contributed by atoms with van der Waals surface area (Å²) in [5.41, 5.74) is 0.567. The summed E-state index contributed by atoms with van der Waals surface area (Å²) in [6.07, 6.45) is -3.57. The van der Waals surface area contributed by atoms with Gasteiger partial charge in [0.25, 0.3) is 5.91 Å². The highest BCUT2D eigenvalue weighted by molar-refractivity contribution is 6.30. The van der Waals surface area contributed by atoms with Crippen molar-refractivity contribution in [2.45, 2.75) is 19.5 Å². The second kappa shape index (κ2) is 8.53. The molecule has 0 saturated carbocycles. The van der Waals surface area contributed by atoms with Gasteiger partial charge >= 0.3 is 6.18 Å². The van der Waals surface area contributed by atoms with Gasteiger partial charge in [-0.3, -0.25) is 9.69 Å². The number of amides is 1. The van der Waals surface area contributed by atoms with Crippen LogP contribution in [0.5, 0.6) is 0 Å². The average Bonchev–Trinajstić information content (AvgIpc) is 2.67. The van der Waals surface area contributed by atoms with E-state index in [9.17, 15) is 18.0 Å². The first-order valence-electron chi connectivity index (χ1n) is 9.18. The van der Waals surface area contributed by atoms with Gasteiger partial charge in [0.2, 0.25) is 0 Å². The van der Waals surface area contributed by atoms with E-state index in [0.717, 1.165) is 19.0 Å². The molecule has 3 rings (SSSR count). The highest BCUT2D eigenvalue weighted by Crippen LogP contribution is 2.33. The van der Waals surface area contributed by atoms with E-state index >= 15 is 0 Å². The van der Waals surface area contributed by atoms with Gasteiger partial charge in [-0.25, -0.2) is 0 Å². The number of rotatable bonds is 4. The van der Waals surface area contributed by atoms with Gasteiger partial charge in [-0.15, -0.1) is 0 Å². The van der Waals surface area contributed by atoms with Crippen molar-refractivity contribution in [3.05, 3.63) is 69.7 Å². The zero-order valence-corrected chi connectivity index (χ0v) is 16.4. The van der Waals surface area contributed by atoms with Crippen molar-refractivity contribution in [1.29, 1.82) is 0 Å². The van der Waals surface area contributed by atoms with Crippen LogP contribution in [-0.2, 0) is 12.6 Å². The standard InChI is InChI=1S/C21H22ClF3N2O/c1-15-18(3-2-4-19(15)21(23,24)25)20(28)27-13-11-26(12-14-27)10-9-16-5-7-17(22)8-6-16/h2-8H,9-14H2,1H3. The summed E-state index contributed by atoms with van der Waals surface area (Å²) in [4.78, 5) is 16.6. The minimum absolute atomic E-state index is 0.00910. The predicted octanol–water partition coefficient (Wildman–Crippen LogP) is 4.67. The number of carbonyl (C=O) groups excluding carboxylic acids is 1. The lowest BCUT2D eigenvalue weighted by molar-refractivity contribution is -0.138. The van der Waals surface area contributed by atoms with Crippen LogP contribution in [0.4, 0.5) is 13.2 Å². The lowest BCUT2D eigenvalue weighted by Gasteiger charge is -2.35. The van der Waals surface area contributed by atoms with Gasteiger partial charge in [-0.1, -0.05) is 29.8 Å². The van der Waals surface area contributed by atoms with Gasteiger partial charge in [-0.05, 0) is 48.7 Å². The molecule has 1 heterocycles. The summed E-state index contributed by atoms with van der Waals surface area (Å²) in [6, 6.07) is 11.5. The fourth-order valence-corrected chi connectivity index (χ4v) is 3.58. The van der Waals surface area contributed by atoms with Crippen molar-refractivity contribution >= 4 is 17.5 Å². The van der Waals surface area contributed by atoms with Gasteiger partial charge in [0.05, 0.1) is 5.56 Å². The number of nitrogens with zero attached hydrogens (tertiary/aromatic N) is 2. The minimum atomic E-state index is -4.46. The molecule has 0 atom stereocenters. The molecule has 1 aliphatic heterocycles. The molecule has 1 amide bonds. The third kappa shape index (κ3) is 4.86. The quantitative estimate of drug-likeness (QED) is 0.731. The first-order chi connectivity index (χ1) is 13.3. The maximum absolute atomic E-state index is 13.1. The SMILES string of the molecule is Cc1c(C(=O)N2CCN(CCc3ccc(Cl)cc3)CC2)cccc1C(F)(F)F. The number of hydrogen-bond donors (Lipinski definition) is 0. The second-order valence-electron chi connectivity index (χ2n) is 6.99. The van der Waals surface area contributed by atoms with E-state index in [0.29, 0.717) is 31.2 Å². The summed E-state index contributed by atoms with van der Waals surface area (Å²) in [5, 5.41) is 0.709. The molecule has 0 radical (unpaired) electrons. The van der Waals surface area contributed by atoms with Crippen LogP contribution in [0.25, 0.3) is 0 Å². The first kappa shape index (κ1) is 20.7. The largest absolute Gasteiger partial charge is 0.416 e. The Labute approximate surface area is 167 Å². The summed E-state index contributed by atoms with van der Waals surface area (Å²) in [7, 11) is 0. The maximum atomic E-state index is 13.1. The average molecular weight is 411 g/mol. The minimum Gasteiger partial charge on any atom is -0.336 e. The van der Waals surface area contributed by atoms with Crippen molar-refractivity contribution in [3.63, 3.8) is 0 Å². The lowest BCUT2D eigenvalue weighted by atomic mass is 10.0. The molecule has 1 fully saturated rings. The smallest absolute Gasteiger partial charge is 0.336 e. The number of hydrogen-bond acceptors (Lipinski definition) is 2. The molecule has 7 heteroatoms. The number of halogens is 4. The third-order valence-corrected chi connectivity index (χ3v) is 5.41. The van der Waals surface area contributed by atoms with Crippen molar-refractivity contribution in [3.8, 4) is 0 Å². The molecule has 0 N–H and O–H groups in total. The third-order valence-electron chi connectivity index (χ3n) is 5.16. The number of carbonyl (C=O) groups is 1. The first-order valence-corrected chi connectivity index (χ1v) is 9.56. The molecule has 150 valence electrons. The van der Waals surface area contributed by atoms with Crippen molar-refractivity contribution in [2.24, 2.45) is 0 Å². The monoisotopic (exact) mass is 410 g/mol. The molecule has 2 aromatic rings. The van der Waals surface area contributed by atoms with Crippen LogP contribution in [0.15, 0.2) is 42.5 Å². The Kier molecular flexibility index (Phi) is 6.30. The molecule has 0 aliphatic carbocycles. The van der Waals surface area contributed by atoms with Crippen LogP contribution >= 0.6 is 11.6 Å². The second-order valence-corrected chi connectivity index (χ2v) is 7.42. The molecule has 0 unspecified atom stereocenters. The van der Waals surface area contributed by atoms with Gasteiger partial charge < -0.3 is 4.90 Å². The summed E-state index contributed by atoms with van der Waals surface area (Å²) in [5.74, 6) is -0.332. The fourth-order valence-electron chi connectivity index (χ4n) is 3.46. The lowest BCUT2D eigenvalue weighted by Crippen LogP contribution is -2.49. The molecule has 0 aromatic heterocycles. The van der Waals surface area contributed by atoms with Crippen LogP contribution < -0.4 is 0 Å². The van der Waals surface area contributed by atoms with Gasteiger partial charge in [0.1, 0.15) is 0 Å². The highest BCUT2D eigenvalue weighted by Gasteiger charge is 2.34. The van der Waals surface area contributed by atoms with Gasteiger partial charge in [-0.2, -0.15) is 13.2 Å². The van der Waals surface area contributed by atoms with Crippen LogP contribution in [0, 0.1) is 6.92 Å². The molecular weight excluding hydrogens is 389 g/mol. The molecule has 2 aromatic carbocycles. The van der Waals surface area contributed by atoms with Crippen LogP contribution in [0.1, 0.15) is 27.0 Å². The summed E-state index contributed by atoms with van der Waals surface area (Å²) < 4.78 is 39.3. The van der Waals surface area contributed by atoms with Crippen molar-refractivity contribution < 1.29 is 18.0 Å². The molecule has 0 bridgehead atoms. The van der Waals surface area contributed by atoms with Crippen molar-refractivity contribution in [1.82, 2.24) is 9.80 Å². The molecule has 0 spiro atoms. The maximum Gasteiger partial charge on any atom is 0.416 e. The Morgan fingerprint density at radius 3 is 2.29 bits per heavy atom. The van der Waals surface area contributed by atoms with Gasteiger partial charge in [0.15, 0.2) is 0 Å². The molecule has 28 heavy (non-hydrogen) atoms. The van der Waals surface area contributed by atoms with Crippen molar-refractivity contribution in [2.75, 3.05) is 32.7 Å². The molecular formula is C21H22ClF3N2O.